The Morgan fingerprint density at radius 2 is 2.06 bits per heavy atom. The average Bonchev–Trinajstić information content (AvgIpc) is 2.30. The van der Waals surface area contributed by atoms with Crippen LogP contribution in [0.5, 0.6) is 0 Å². The lowest BCUT2D eigenvalue weighted by Crippen LogP contribution is -2.31. The highest BCUT2D eigenvalue weighted by atomic mass is 15.2. The summed E-state index contributed by atoms with van der Waals surface area (Å²) in [7, 11) is 0. The van der Waals surface area contributed by atoms with E-state index in [0.29, 0.717) is 11.9 Å². The second-order valence-corrected chi connectivity index (χ2v) is 4.18. The van der Waals surface area contributed by atoms with Gasteiger partial charge in [-0.25, -0.2) is 9.97 Å². The maximum atomic E-state index is 7.67. The molecule has 3 N–H and O–H groups in total. The van der Waals surface area contributed by atoms with Crippen LogP contribution in [0.1, 0.15) is 33.1 Å². The van der Waals surface area contributed by atoms with Crippen LogP contribution in [-0.4, -0.2) is 22.5 Å². The van der Waals surface area contributed by atoms with Crippen molar-refractivity contribution < 1.29 is 0 Å². The van der Waals surface area contributed by atoms with Gasteiger partial charge in [-0.3, -0.25) is 10.7 Å². The molecule has 1 aromatic rings. The normalized spacial score (nSPS) is 11.9. The van der Waals surface area contributed by atoms with E-state index in [0.717, 1.165) is 13.0 Å². The van der Waals surface area contributed by atoms with Gasteiger partial charge >= 0.3 is 0 Å². The highest BCUT2D eigenvalue weighted by Gasteiger charge is 2.02. The Morgan fingerprint density at radius 1 is 1.35 bits per heavy atom. The average molecular weight is 235 g/mol. The molecular formula is C12H21N5. The summed E-state index contributed by atoms with van der Waals surface area (Å²) in [6, 6.07) is 1.74. The fourth-order valence-electron chi connectivity index (χ4n) is 1.60. The van der Waals surface area contributed by atoms with Crippen LogP contribution in [0, 0.1) is 11.3 Å². The second-order valence-electron chi connectivity index (χ2n) is 4.18. The summed E-state index contributed by atoms with van der Waals surface area (Å²) in [6.45, 7) is 5.24. The van der Waals surface area contributed by atoms with Gasteiger partial charge in [0.1, 0.15) is 0 Å². The SMILES string of the molecule is CCCC(C)CCNC(=N)Nc1ncccn1. The molecule has 0 aliphatic heterocycles. The van der Waals surface area contributed by atoms with Crippen LogP contribution in [0.15, 0.2) is 18.5 Å². The molecule has 1 heterocycles. The monoisotopic (exact) mass is 235 g/mol. The Balaban J connectivity index is 2.18. The van der Waals surface area contributed by atoms with Crippen molar-refractivity contribution in [1.82, 2.24) is 15.3 Å². The quantitative estimate of drug-likeness (QED) is 0.522. The Morgan fingerprint density at radius 3 is 2.71 bits per heavy atom. The van der Waals surface area contributed by atoms with Gasteiger partial charge in [0.15, 0.2) is 5.96 Å². The third-order valence-electron chi connectivity index (χ3n) is 2.52. The van der Waals surface area contributed by atoms with Crippen LogP contribution in [0.3, 0.4) is 0 Å². The number of aromatic nitrogens is 2. The van der Waals surface area contributed by atoms with Crippen LogP contribution >= 0.6 is 0 Å². The maximum Gasteiger partial charge on any atom is 0.229 e. The molecule has 1 unspecified atom stereocenters. The molecule has 1 aromatic heterocycles. The van der Waals surface area contributed by atoms with Crippen molar-refractivity contribution in [3.05, 3.63) is 18.5 Å². The molecule has 0 saturated carbocycles. The van der Waals surface area contributed by atoms with E-state index in [1.54, 1.807) is 18.5 Å². The minimum Gasteiger partial charge on any atom is -0.356 e. The summed E-state index contributed by atoms with van der Waals surface area (Å²) in [6.07, 6.45) is 6.82. The first-order valence-corrected chi connectivity index (χ1v) is 6.08. The largest absolute Gasteiger partial charge is 0.356 e. The maximum absolute atomic E-state index is 7.67. The minimum absolute atomic E-state index is 0.250. The molecule has 1 rings (SSSR count). The molecule has 0 bridgehead atoms. The fraction of sp³-hybridized carbons (Fsp3) is 0.583. The van der Waals surface area contributed by atoms with Crippen molar-refractivity contribution in [2.75, 3.05) is 11.9 Å². The van der Waals surface area contributed by atoms with Crippen molar-refractivity contribution in [1.29, 1.82) is 5.41 Å². The molecule has 0 aliphatic carbocycles. The van der Waals surface area contributed by atoms with Gasteiger partial charge < -0.3 is 5.32 Å². The molecular weight excluding hydrogens is 214 g/mol. The van der Waals surface area contributed by atoms with E-state index in [1.165, 1.54) is 12.8 Å². The van der Waals surface area contributed by atoms with Gasteiger partial charge in [-0.1, -0.05) is 26.7 Å². The summed E-state index contributed by atoms with van der Waals surface area (Å²) in [5.74, 6) is 1.40. The molecule has 0 spiro atoms. The topological polar surface area (TPSA) is 73.7 Å². The zero-order chi connectivity index (χ0) is 12.5. The standard InChI is InChI=1S/C12H21N5/c1-3-5-10(2)6-9-14-11(13)17-12-15-7-4-8-16-12/h4,7-8,10H,3,5-6,9H2,1-2H3,(H3,13,14,15,16,17). The van der Waals surface area contributed by atoms with Crippen molar-refractivity contribution in [3.8, 4) is 0 Å². The van der Waals surface area contributed by atoms with Gasteiger partial charge in [0.2, 0.25) is 5.95 Å². The van der Waals surface area contributed by atoms with Gasteiger partial charge in [-0.05, 0) is 18.4 Å². The predicted octanol–water partition coefficient (Wildman–Crippen LogP) is 2.24. The number of hydrogen-bond donors (Lipinski definition) is 3. The van der Waals surface area contributed by atoms with Gasteiger partial charge in [0.05, 0.1) is 0 Å². The number of rotatable bonds is 6. The van der Waals surface area contributed by atoms with Crippen molar-refractivity contribution in [2.24, 2.45) is 5.92 Å². The van der Waals surface area contributed by atoms with Gasteiger partial charge in [0, 0.05) is 18.9 Å². The second kappa shape index (κ2) is 7.60. The minimum atomic E-state index is 0.250. The van der Waals surface area contributed by atoms with Crippen LogP contribution in [0.2, 0.25) is 0 Å². The zero-order valence-corrected chi connectivity index (χ0v) is 10.5. The van der Waals surface area contributed by atoms with E-state index >= 15 is 0 Å². The third kappa shape index (κ3) is 5.85. The Bertz CT molecular complexity index is 325. The highest BCUT2D eigenvalue weighted by molar-refractivity contribution is 5.89. The molecule has 5 heteroatoms. The van der Waals surface area contributed by atoms with E-state index in [9.17, 15) is 0 Å². The first-order chi connectivity index (χ1) is 8.22. The smallest absolute Gasteiger partial charge is 0.229 e. The lowest BCUT2D eigenvalue weighted by atomic mass is 10.0. The third-order valence-corrected chi connectivity index (χ3v) is 2.52. The van der Waals surface area contributed by atoms with E-state index in [-0.39, 0.29) is 5.96 Å². The van der Waals surface area contributed by atoms with E-state index in [2.05, 4.69) is 34.4 Å². The first kappa shape index (κ1) is 13.4. The summed E-state index contributed by atoms with van der Waals surface area (Å²) in [5, 5.41) is 13.5. The van der Waals surface area contributed by atoms with Crippen molar-refractivity contribution >= 4 is 11.9 Å². The number of nitrogens with zero attached hydrogens (tertiary/aromatic N) is 2. The number of guanidine groups is 1. The molecule has 0 aromatic carbocycles. The Kier molecular flexibility index (Phi) is 5.99. The van der Waals surface area contributed by atoms with Gasteiger partial charge in [0.25, 0.3) is 0 Å². The van der Waals surface area contributed by atoms with E-state index in [4.69, 9.17) is 5.41 Å². The van der Waals surface area contributed by atoms with Crippen LogP contribution < -0.4 is 10.6 Å². The molecule has 0 radical (unpaired) electrons. The Labute approximate surface area is 103 Å². The summed E-state index contributed by atoms with van der Waals surface area (Å²) in [4.78, 5) is 7.98. The fourth-order valence-corrected chi connectivity index (χ4v) is 1.60. The molecule has 17 heavy (non-hydrogen) atoms. The molecule has 0 fully saturated rings. The summed E-state index contributed by atoms with van der Waals surface area (Å²) >= 11 is 0. The van der Waals surface area contributed by atoms with Crippen LogP contribution in [-0.2, 0) is 0 Å². The summed E-state index contributed by atoms with van der Waals surface area (Å²) in [5.41, 5.74) is 0. The number of nitrogens with one attached hydrogen (secondary N) is 3. The van der Waals surface area contributed by atoms with Crippen molar-refractivity contribution in [3.63, 3.8) is 0 Å². The molecule has 0 aliphatic rings. The van der Waals surface area contributed by atoms with Gasteiger partial charge in [-0.15, -0.1) is 0 Å². The molecule has 5 nitrogen and oxygen atoms in total. The number of hydrogen-bond acceptors (Lipinski definition) is 3. The van der Waals surface area contributed by atoms with Crippen LogP contribution in [0.25, 0.3) is 0 Å². The van der Waals surface area contributed by atoms with E-state index in [1.807, 2.05) is 0 Å². The summed E-state index contributed by atoms with van der Waals surface area (Å²) < 4.78 is 0. The van der Waals surface area contributed by atoms with Gasteiger partial charge in [-0.2, -0.15) is 0 Å². The number of anilines is 1. The molecule has 1 atom stereocenters. The zero-order valence-electron chi connectivity index (χ0n) is 10.5. The van der Waals surface area contributed by atoms with E-state index < -0.39 is 0 Å². The molecule has 0 saturated heterocycles. The van der Waals surface area contributed by atoms with Crippen molar-refractivity contribution in [2.45, 2.75) is 33.1 Å². The lowest BCUT2D eigenvalue weighted by molar-refractivity contribution is 0.483. The molecule has 0 amide bonds. The Hall–Kier alpha value is -1.65. The predicted molar refractivity (Wildman–Crippen MR) is 70.1 cm³/mol. The highest BCUT2D eigenvalue weighted by Crippen LogP contribution is 2.08. The molecule has 94 valence electrons. The lowest BCUT2D eigenvalue weighted by Gasteiger charge is -2.12. The van der Waals surface area contributed by atoms with Crippen LogP contribution in [0.4, 0.5) is 5.95 Å². The first-order valence-electron chi connectivity index (χ1n) is 6.08.